The van der Waals surface area contributed by atoms with E-state index in [1.165, 1.54) is 0 Å². The summed E-state index contributed by atoms with van der Waals surface area (Å²) >= 11 is 5.38. The molecule has 7 heteroatoms. The van der Waals surface area contributed by atoms with E-state index in [1.807, 2.05) is 0 Å². The number of alkyl halides is 3. The summed E-state index contributed by atoms with van der Waals surface area (Å²) in [4.78, 5) is 0. The normalized spacial score (nSPS) is 15.9. The molecular formula is C9H8ClF4NO. The van der Waals surface area contributed by atoms with Crippen LogP contribution in [0.25, 0.3) is 0 Å². The third-order valence-corrected chi connectivity index (χ3v) is 2.29. The molecule has 0 amide bonds. The number of halogens is 5. The van der Waals surface area contributed by atoms with Crippen LogP contribution in [0.15, 0.2) is 18.2 Å². The van der Waals surface area contributed by atoms with Gasteiger partial charge in [0.2, 0.25) is 0 Å². The Morgan fingerprint density at radius 1 is 1.31 bits per heavy atom. The van der Waals surface area contributed by atoms with Gasteiger partial charge in [-0.05, 0) is 17.7 Å². The Bertz CT molecular complexity index is 382. The van der Waals surface area contributed by atoms with Crippen LogP contribution in [0.4, 0.5) is 17.6 Å². The molecule has 3 N–H and O–H groups in total. The van der Waals surface area contributed by atoms with E-state index in [4.69, 9.17) is 22.4 Å². The second-order valence-corrected chi connectivity index (χ2v) is 3.59. The topological polar surface area (TPSA) is 46.2 Å². The van der Waals surface area contributed by atoms with Crippen molar-refractivity contribution in [1.82, 2.24) is 0 Å². The van der Waals surface area contributed by atoms with E-state index >= 15 is 0 Å². The van der Waals surface area contributed by atoms with Gasteiger partial charge in [0, 0.05) is 0 Å². The average Bonchev–Trinajstić information content (AvgIpc) is 2.18. The Morgan fingerprint density at radius 2 is 1.88 bits per heavy atom. The number of nitrogens with two attached hydrogens (primary N) is 1. The molecule has 1 aromatic carbocycles. The second kappa shape index (κ2) is 4.57. The number of benzene rings is 1. The van der Waals surface area contributed by atoms with Crippen LogP contribution < -0.4 is 5.73 Å². The maximum Gasteiger partial charge on any atom is 0.416 e. The van der Waals surface area contributed by atoms with Crippen molar-refractivity contribution in [2.45, 2.75) is 18.3 Å². The van der Waals surface area contributed by atoms with Crippen molar-refractivity contribution in [2.24, 2.45) is 5.73 Å². The van der Waals surface area contributed by atoms with Crippen LogP contribution in [0.2, 0.25) is 5.02 Å². The molecule has 16 heavy (non-hydrogen) atoms. The predicted octanol–water partition coefficient (Wildman–Crippen LogP) is 2.40. The molecule has 1 aromatic rings. The van der Waals surface area contributed by atoms with Gasteiger partial charge in [0.15, 0.2) is 6.10 Å². The molecule has 0 aliphatic rings. The lowest BCUT2D eigenvalue weighted by molar-refractivity contribution is -0.210. The molecule has 0 radical (unpaired) electrons. The van der Waals surface area contributed by atoms with Gasteiger partial charge in [0.25, 0.3) is 0 Å². The van der Waals surface area contributed by atoms with Crippen molar-refractivity contribution < 1.29 is 22.7 Å². The molecular weight excluding hydrogens is 250 g/mol. The molecule has 0 fully saturated rings. The Hall–Kier alpha value is -0.850. The molecule has 1 rings (SSSR count). The molecule has 0 heterocycles. The minimum Gasteiger partial charge on any atom is -0.382 e. The van der Waals surface area contributed by atoms with Crippen molar-refractivity contribution >= 4 is 11.6 Å². The lowest BCUT2D eigenvalue weighted by atomic mass is 10.0. The summed E-state index contributed by atoms with van der Waals surface area (Å²) in [5.41, 5.74) is 5.11. The van der Waals surface area contributed by atoms with Crippen LogP contribution in [0.1, 0.15) is 11.6 Å². The molecule has 0 aromatic heterocycles. The molecule has 0 saturated carbocycles. The summed E-state index contributed by atoms with van der Waals surface area (Å²) in [6, 6.07) is 1.19. The summed E-state index contributed by atoms with van der Waals surface area (Å²) in [6.07, 6.45) is -7.55. The first-order chi connectivity index (χ1) is 7.23. The third-order valence-electron chi connectivity index (χ3n) is 2.00. The Kier molecular flexibility index (Phi) is 3.77. The quantitative estimate of drug-likeness (QED) is 0.799. The van der Waals surface area contributed by atoms with Crippen LogP contribution in [-0.2, 0) is 0 Å². The van der Waals surface area contributed by atoms with Gasteiger partial charge in [0.1, 0.15) is 5.82 Å². The zero-order valence-electron chi connectivity index (χ0n) is 7.80. The lowest BCUT2D eigenvalue weighted by Gasteiger charge is -2.21. The van der Waals surface area contributed by atoms with Crippen molar-refractivity contribution in [2.75, 3.05) is 0 Å². The van der Waals surface area contributed by atoms with E-state index in [0.717, 1.165) is 18.2 Å². The molecule has 0 spiro atoms. The standard InChI is InChI=1S/C9H8ClF4NO/c10-5-3-4(1-2-6(5)11)7(15)8(16)9(12,13)14/h1-3,7-8,16H,15H2/t7-,8-/m0/s1. The van der Waals surface area contributed by atoms with Crippen molar-refractivity contribution in [3.8, 4) is 0 Å². The van der Waals surface area contributed by atoms with Crippen molar-refractivity contribution in [1.29, 1.82) is 0 Å². The van der Waals surface area contributed by atoms with E-state index in [0.29, 0.717) is 0 Å². The number of rotatable bonds is 2. The monoisotopic (exact) mass is 257 g/mol. The van der Waals surface area contributed by atoms with Gasteiger partial charge in [-0.3, -0.25) is 0 Å². The first-order valence-corrected chi connectivity index (χ1v) is 4.56. The summed E-state index contributed by atoms with van der Waals surface area (Å²) in [5.74, 6) is -0.765. The summed E-state index contributed by atoms with van der Waals surface area (Å²) < 4.78 is 49.1. The number of hydrogen-bond acceptors (Lipinski definition) is 2. The highest BCUT2D eigenvalue weighted by atomic mass is 35.5. The summed E-state index contributed by atoms with van der Waals surface area (Å²) in [7, 11) is 0. The van der Waals surface area contributed by atoms with E-state index in [9.17, 15) is 17.6 Å². The van der Waals surface area contributed by atoms with E-state index in [-0.39, 0.29) is 10.6 Å². The highest BCUT2D eigenvalue weighted by Crippen LogP contribution is 2.30. The van der Waals surface area contributed by atoms with Crippen molar-refractivity contribution in [3.63, 3.8) is 0 Å². The smallest absolute Gasteiger partial charge is 0.382 e. The third kappa shape index (κ3) is 2.84. The first kappa shape index (κ1) is 13.2. The van der Waals surface area contributed by atoms with Gasteiger partial charge in [-0.1, -0.05) is 17.7 Å². The highest BCUT2D eigenvalue weighted by molar-refractivity contribution is 6.30. The van der Waals surface area contributed by atoms with E-state index < -0.39 is 24.1 Å². The fraction of sp³-hybridized carbons (Fsp3) is 0.333. The molecule has 2 atom stereocenters. The molecule has 0 aliphatic heterocycles. The molecule has 0 bridgehead atoms. The molecule has 0 aliphatic carbocycles. The minimum absolute atomic E-state index is 0.0868. The maximum atomic E-state index is 12.7. The Balaban J connectivity index is 2.97. The zero-order valence-corrected chi connectivity index (χ0v) is 8.56. The summed E-state index contributed by atoms with van der Waals surface area (Å²) in [5, 5.41) is 8.54. The van der Waals surface area contributed by atoms with Crippen molar-refractivity contribution in [3.05, 3.63) is 34.6 Å². The predicted molar refractivity (Wildman–Crippen MR) is 50.4 cm³/mol. The van der Waals surface area contributed by atoms with Crippen LogP contribution in [0.3, 0.4) is 0 Å². The van der Waals surface area contributed by atoms with Crippen LogP contribution >= 0.6 is 11.6 Å². The fourth-order valence-corrected chi connectivity index (χ4v) is 1.29. The van der Waals surface area contributed by atoms with Gasteiger partial charge in [-0.15, -0.1) is 0 Å². The zero-order chi connectivity index (χ0) is 12.5. The van der Waals surface area contributed by atoms with E-state index in [2.05, 4.69) is 0 Å². The molecule has 0 unspecified atom stereocenters. The maximum absolute atomic E-state index is 12.7. The molecule has 90 valence electrons. The van der Waals surface area contributed by atoms with Gasteiger partial charge in [-0.2, -0.15) is 13.2 Å². The number of aliphatic hydroxyl groups excluding tert-OH is 1. The SMILES string of the molecule is N[C@@H](c1ccc(F)c(Cl)c1)[C@H](O)C(F)(F)F. The second-order valence-electron chi connectivity index (χ2n) is 3.19. The minimum atomic E-state index is -4.83. The van der Waals surface area contributed by atoms with Gasteiger partial charge in [-0.25, -0.2) is 4.39 Å². The lowest BCUT2D eigenvalue weighted by Crippen LogP contribution is -2.38. The highest BCUT2D eigenvalue weighted by Gasteiger charge is 2.42. The van der Waals surface area contributed by atoms with Crippen LogP contribution in [0.5, 0.6) is 0 Å². The first-order valence-electron chi connectivity index (χ1n) is 4.19. The number of hydrogen-bond donors (Lipinski definition) is 2. The summed E-state index contributed by atoms with van der Waals surface area (Å²) in [6.45, 7) is 0. The van der Waals surface area contributed by atoms with Crippen LogP contribution in [-0.4, -0.2) is 17.4 Å². The largest absolute Gasteiger partial charge is 0.416 e. The molecule has 0 saturated heterocycles. The Labute approximate surface area is 93.6 Å². The van der Waals surface area contributed by atoms with Gasteiger partial charge in [0.05, 0.1) is 11.1 Å². The van der Waals surface area contributed by atoms with Gasteiger partial charge >= 0.3 is 6.18 Å². The van der Waals surface area contributed by atoms with Crippen LogP contribution in [0, 0.1) is 5.82 Å². The van der Waals surface area contributed by atoms with Gasteiger partial charge < -0.3 is 10.8 Å². The molecule has 2 nitrogen and oxygen atoms in total. The Morgan fingerprint density at radius 3 is 2.31 bits per heavy atom. The average molecular weight is 258 g/mol. The van der Waals surface area contributed by atoms with E-state index in [1.54, 1.807) is 0 Å². The number of aliphatic hydroxyl groups is 1. The fourth-order valence-electron chi connectivity index (χ4n) is 1.11.